The molecule has 1 N–H and O–H groups in total. The number of hydrogen-bond acceptors (Lipinski definition) is 5. The predicted octanol–water partition coefficient (Wildman–Crippen LogP) is 3.73. The van der Waals surface area contributed by atoms with E-state index in [-0.39, 0.29) is 18.1 Å². The third-order valence-corrected chi connectivity index (χ3v) is 2.62. The van der Waals surface area contributed by atoms with E-state index in [9.17, 15) is 9.90 Å². The van der Waals surface area contributed by atoms with Gasteiger partial charge >= 0.3 is 5.97 Å². The number of esters is 1. The molecule has 0 aliphatic carbocycles. The Balaban J connectivity index is 2.88. The summed E-state index contributed by atoms with van der Waals surface area (Å²) in [6.07, 6.45) is 0. The third kappa shape index (κ3) is 4.44. The number of allylic oxidation sites excluding steroid dienone is 1. The number of ether oxygens (including phenoxy) is 1. The van der Waals surface area contributed by atoms with E-state index in [0.29, 0.717) is 5.69 Å². The van der Waals surface area contributed by atoms with Gasteiger partial charge in [0, 0.05) is 3.57 Å². The zero-order valence-electron chi connectivity index (χ0n) is 10.1. The third-order valence-electron chi connectivity index (χ3n) is 1.90. The Bertz CT molecular complexity index is 477. The number of benzene rings is 1. The van der Waals surface area contributed by atoms with Gasteiger partial charge in [0.25, 0.3) is 0 Å². The molecule has 0 saturated heterocycles. The van der Waals surface area contributed by atoms with Crippen molar-refractivity contribution in [1.82, 2.24) is 0 Å². The van der Waals surface area contributed by atoms with Gasteiger partial charge in [-0.1, -0.05) is 0 Å². The van der Waals surface area contributed by atoms with Crippen LogP contribution < -0.4 is 0 Å². The maximum Gasteiger partial charge on any atom is 0.362 e. The quantitative estimate of drug-likeness (QED) is 0.292. The van der Waals surface area contributed by atoms with Crippen molar-refractivity contribution in [3.8, 4) is 0 Å². The van der Waals surface area contributed by atoms with Gasteiger partial charge < -0.3 is 9.84 Å². The van der Waals surface area contributed by atoms with Crippen LogP contribution in [0.4, 0.5) is 5.69 Å². The lowest BCUT2D eigenvalue weighted by Gasteiger charge is -2.01. The molecule has 0 unspecified atom stereocenters. The first kappa shape index (κ1) is 14.6. The standard InChI is InChI=1S/C12H13IN2O3/c1-3-18-12(17)11(8(2)16)15-14-10-6-4-9(13)5-7-10/h4-7,16H,3H2,1-2H3/b11-8-,15-14?. The molecule has 96 valence electrons. The van der Waals surface area contributed by atoms with Gasteiger partial charge in [0.15, 0.2) is 0 Å². The van der Waals surface area contributed by atoms with Crippen LogP contribution in [-0.4, -0.2) is 17.7 Å². The lowest BCUT2D eigenvalue weighted by Crippen LogP contribution is -2.07. The first-order valence-electron chi connectivity index (χ1n) is 5.29. The van der Waals surface area contributed by atoms with Crippen molar-refractivity contribution in [2.75, 3.05) is 6.61 Å². The van der Waals surface area contributed by atoms with Crippen molar-refractivity contribution >= 4 is 34.2 Å². The highest BCUT2D eigenvalue weighted by molar-refractivity contribution is 14.1. The normalized spacial score (nSPS) is 12.4. The molecule has 0 aliphatic heterocycles. The van der Waals surface area contributed by atoms with Gasteiger partial charge in [0.05, 0.1) is 12.3 Å². The van der Waals surface area contributed by atoms with Crippen LogP contribution in [0.5, 0.6) is 0 Å². The molecule has 0 aliphatic rings. The Kier molecular flexibility index (Phi) is 5.76. The molecule has 0 bridgehead atoms. The van der Waals surface area contributed by atoms with Crippen molar-refractivity contribution < 1.29 is 14.6 Å². The van der Waals surface area contributed by atoms with Crippen molar-refractivity contribution in [2.24, 2.45) is 10.2 Å². The smallest absolute Gasteiger partial charge is 0.362 e. The minimum absolute atomic E-state index is 0.185. The molecule has 1 aromatic rings. The zero-order valence-corrected chi connectivity index (χ0v) is 12.2. The predicted molar refractivity (Wildman–Crippen MR) is 75.6 cm³/mol. The second-order valence-electron chi connectivity index (χ2n) is 3.33. The first-order chi connectivity index (χ1) is 8.54. The van der Waals surface area contributed by atoms with Crippen LogP contribution in [0.1, 0.15) is 13.8 Å². The van der Waals surface area contributed by atoms with Gasteiger partial charge in [0.2, 0.25) is 5.70 Å². The summed E-state index contributed by atoms with van der Waals surface area (Å²) in [4.78, 5) is 11.5. The fraction of sp³-hybridized carbons (Fsp3) is 0.250. The van der Waals surface area contributed by atoms with Gasteiger partial charge in [-0.2, -0.15) is 5.11 Å². The molecule has 1 rings (SSSR count). The van der Waals surface area contributed by atoms with Crippen LogP contribution in [0.25, 0.3) is 0 Å². The van der Waals surface area contributed by atoms with E-state index in [1.165, 1.54) is 6.92 Å². The summed E-state index contributed by atoms with van der Waals surface area (Å²) in [6.45, 7) is 3.26. The molecule has 0 saturated carbocycles. The average Bonchev–Trinajstić information content (AvgIpc) is 2.31. The van der Waals surface area contributed by atoms with Crippen LogP contribution in [0.2, 0.25) is 0 Å². The molecule has 1 aromatic carbocycles. The molecule has 6 heteroatoms. The topological polar surface area (TPSA) is 71.2 Å². The van der Waals surface area contributed by atoms with Crippen LogP contribution >= 0.6 is 22.6 Å². The van der Waals surface area contributed by atoms with Gasteiger partial charge in [-0.25, -0.2) is 4.79 Å². The van der Waals surface area contributed by atoms with Gasteiger partial charge in [-0.05, 0) is 60.7 Å². The van der Waals surface area contributed by atoms with Gasteiger partial charge in [-0.3, -0.25) is 0 Å². The number of carbonyl (C=O) groups excluding carboxylic acids is 1. The van der Waals surface area contributed by atoms with Crippen LogP contribution in [0, 0.1) is 3.57 Å². The molecule has 0 spiro atoms. The fourth-order valence-corrected chi connectivity index (χ4v) is 1.44. The molecule has 0 amide bonds. The van der Waals surface area contributed by atoms with Crippen molar-refractivity contribution in [1.29, 1.82) is 0 Å². The molecule has 0 aromatic heterocycles. The molecule has 0 fully saturated rings. The Morgan fingerprint density at radius 2 is 2.00 bits per heavy atom. The van der Waals surface area contributed by atoms with Gasteiger partial charge in [-0.15, -0.1) is 5.11 Å². The van der Waals surface area contributed by atoms with E-state index in [1.807, 2.05) is 12.1 Å². The Labute approximate surface area is 119 Å². The largest absolute Gasteiger partial charge is 0.510 e. The second kappa shape index (κ2) is 7.10. The minimum atomic E-state index is -0.688. The molecule has 0 radical (unpaired) electrons. The number of aliphatic hydroxyl groups excluding tert-OH is 1. The van der Waals surface area contributed by atoms with Crippen LogP contribution in [-0.2, 0) is 9.53 Å². The molecule has 18 heavy (non-hydrogen) atoms. The number of aliphatic hydroxyl groups is 1. The van der Waals surface area contributed by atoms with Crippen LogP contribution in [0.3, 0.4) is 0 Å². The summed E-state index contributed by atoms with van der Waals surface area (Å²) in [6, 6.07) is 7.27. The fourth-order valence-electron chi connectivity index (χ4n) is 1.08. The lowest BCUT2D eigenvalue weighted by molar-refractivity contribution is -0.138. The Morgan fingerprint density at radius 3 is 2.50 bits per heavy atom. The maximum absolute atomic E-state index is 11.5. The van der Waals surface area contributed by atoms with E-state index in [0.717, 1.165) is 3.57 Å². The van der Waals surface area contributed by atoms with Crippen molar-refractivity contribution in [3.63, 3.8) is 0 Å². The zero-order chi connectivity index (χ0) is 13.5. The number of nitrogens with zero attached hydrogens (tertiary/aromatic N) is 2. The number of rotatable bonds is 4. The van der Waals surface area contributed by atoms with E-state index in [1.54, 1.807) is 19.1 Å². The first-order valence-corrected chi connectivity index (χ1v) is 6.36. The SMILES string of the molecule is CCOC(=O)/C(N=Nc1ccc(I)cc1)=C(\C)O. The van der Waals surface area contributed by atoms with Crippen molar-refractivity contribution in [2.45, 2.75) is 13.8 Å². The van der Waals surface area contributed by atoms with E-state index >= 15 is 0 Å². The molecular formula is C12H13IN2O3. The Hall–Kier alpha value is -1.44. The summed E-state index contributed by atoms with van der Waals surface area (Å²) in [7, 11) is 0. The Morgan fingerprint density at radius 1 is 1.39 bits per heavy atom. The number of halogens is 1. The molecular weight excluding hydrogens is 347 g/mol. The lowest BCUT2D eigenvalue weighted by atomic mass is 10.3. The average molecular weight is 360 g/mol. The summed E-state index contributed by atoms with van der Waals surface area (Å²) in [5, 5.41) is 16.9. The second-order valence-corrected chi connectivity index (χ2v) is 4.58. The van der Waals surface area contributed by atoms with Crippen LogP contribution in [0.15, 0.2) is 46.0 Å². The van der Waals surface area contributed by atoms with E-state index in [4.69, 9.17) is 4.74 Å². The summed E-state index contributed by atoms with van der Waals surface area (Å²) in [5.41, 5.74) is 0.411. The maximum atomic E-state index is 11.5. The summed E-state index contributed by atoms with van der Waals surface area (Å²) in [5.74, 6) is -0.908. The van der Waals surface area contributed by atoms with E-state index in [2.05, 4.69) is 32.8 Å². The highest BCUT2D eigenvalue weighted by Gasteiger charge is 2.13. The number of carbonyl (C=O) groups is 1. The van der Waals surface area contributed by atoms with Crippen molar-refractivity contribution in [3.05, 3.63) is 39.3 Å². The highest BCUT2D eigenvalue weighted by Crippen LogP contribution is 2.17. The molecule has 0 heterocycles. The minimum Gasteiger partial charge on any atom is -0.510 e. The monoisotopic (exact) mass is 360 g/mol. The molecule has 0 atom stereocenters. The summed E-state index contributed by atoms with van der Waals surface area (Å²) < 4.78 is 5.84. The highest BCUT2D eigenvalue weighted by atomic mass is 127. The number of azo groups is 1. The number of hydrogen-bond donors (Lipinski definition) is 1. The van der Waals surface area contributed by atoms with E-state index < -0.39 is 5.97 Å². The molecule has 5 nitrogen and oxygen atoms in total. The van der Waals surface area contributed by atoms with Gasteiger partial charge in [0.1, 0.15) is 5.76 Å². The summed E-state index contributed by atoms with van der Waals surface area (Å²) >= 11 is 2.17.